The first kappa shape index (κ1) is 26.8. The van der Waals surface area contributed by atoms with Gasteiger partial charge in [0.2, 0.25) is 0 Å². The summed E-state index contributed by atoms with van der Waals surface area (Å²) in [5, 5.41) is 7.04. The van der Waals surface area contributed by atoms with Gasteiger partial charge < -0.3 is 29.7 Å². The molecule has 1 aromatic carbocycles. The number of anilines is 1. The third kappa shape index (κ3) is 7.28. The number of guanidine groups is 1. The molecule has 8 nitrogen and oxygen atoms in total. The van der Waals surface area contributed by atoms with Gasteiger partial charge in [-0.3, -0.25) is 9.89 Å². The standard InChI is InChI=1S/C23H39N5O3.HI/c1-6-24-23(25-14-17(2)28-9-10-31-16-18(28)3)26-19-7-8-27(15-19)20-11-21(29-4)13-22(12-20)30-5;/h11-13,17-19H,6-10,14-16H2,1-5H3,(H2,24,25,26);1H. The Hall–Kier alpha value is -1.46. The van der Waals surface area contributed by atoms with Gasteiger partial charge in [0, 0.05) is 68.2 Å². The number of rotatable bonds is 8. The van der Waals surface area contributed by atoms with E-state index >= 15 is 0 Å². The predicted octanol–water partition coefficient (Wildman–Crippen LogP) is 2.56. The highest BCUT2D eigenvalue weighted by Crippen LogP contribution is 2.30. The van der Waals surface area contributed by atoms with Crippen LogP contribution in [0.5, 0.6) is 11.5 Å². The molecule has 2 saturated heterocycles. The lowest BCUT2D eigenvalue weighted by Crippen LogP contribution is -2.50. The molecule has 182 valence electrons. The molecule has 2 N–H and O–H groups in total. The molecule has 2 aliphatic rings. The Morgan fingerprint density at radius 2 is 1.94 bits per heavy atom. The molecule has 0 bridgehead atoms. The minimum absolute atomic E-state index is 0. The van der Waals surface area contributed by atoms with E-state index in [2.05, 4.69) is 53.3 Å². The number of benzene rings is 1. The summed E-state index contributed by atoms with van der Waals surface area (Å²) in [6.45, 7) is 12.7. The van der Waals surface area contributed by atoms with Crippen molar-refractivity contribution in [2.75, 3.05) is 65.1 Å². The highest BCUT2D eigenvalue weighted by atomic mass is 127. The number of hydrogen-bond acceptors (Lipinski definition) is 6. The molecular formula is C23H40IN5O3. The maximum atomic E-state index is 5.57. The summed E-state index contributed by atoms with van der Waals surface area (Å²) in [5.41, 5.74) is 1.12. The molecule has 9 heteroatoms. The van der Waals surface area contributed by atoms with Crippen LogP contribution in [0.25, 0.3) is 0 Å². The molecule has 2 aliphatic heterocycles. The first-order chi connectivity index (χ1) is 15.0. The average Bonchev–Trinajstić information content (AvgIpc) is 3.26. The van der Waals surface area contributed by atoms with Crippen molar-refractivity contribution in [3.63, 3.8) is 0 Å². The highest BCUT2D eigenvalue weighted by molar-refractivity contribution is 14.0. The molecule has 2 fully saturated rings. The van der Waals surface area contributed by atoms with E-state index in [-0.39, 0.29) is 24.0 Å². The zero-order chi connectivity index (χ0) is 22.2. The van der Waals surface area contributed by atoms with Gasteiger partial charge in [-0.2, -0.15) is 0 Å². The van der Waals surface area contributed by atoms with Gasteiger partial charge in [0.25, 0.3) is 0 Å². The third-order valence-electron chi connectivity index (χ3n) is 6.07. The Bertz CT molecular complexity index is 713. The van der Waals surface area contributed by atoms with E-state index in [4.69, 9.17) is 19.2 Å². The number of morpholine rings is 1. The number of nitrogens with one attached hydrogen (secondary N) is 2. The fourth-order valence-corrected chi connectivity index (χ4v) is 4.32. The minimum Gasteiger partial charge on any atom is -0.497 e. The molecule has 3 unspecified atom stereocenters. The third-order valence-corrected chi connectivity index (χ3v) is 6.07. The number of hydrogen-bond donors (Lipinski definition) is 2. The van der Waals surface area contributed by atoms with Crippen molar-refractivity contribution in [3.8, 4) is 11.5 Å². The summed E-state index contributed by atoms with van der Waals surface area (Å²) in [4.78, 5) is 9.75. The van der Waals surface area contributed by atoms with Crippen molar-refractivity contribution >= 4 is 35.6 Å². The van der Waals surface area contributed by atoms with Crippen LogP contribution < -0.4 is 25.0 Å². The van der Waals surface area contributed by atoms with Crippen LogP contribution in [0.2, 0.25) is 0 Å². The second kappa shape index (κ2) is 13.3. The van der Waals surface area contributed by atoms with Gasteiger partial charge in [0.1, 0.15) is 11.5 Å². The zero-order valence-corrected chi connectivity index (χ0v) is 22.4. The maximum absolute atomic E-state index is 5.57. The normalized spacial score (nSPS) is 22.8. The maximum Gasteiger partial charge on any atom is 0.191 e. The molecule has 3 atom stereocenters. The minimum atomic E-state index is 0. The first-order valence-corrected chi connectivity index (χ1v) is 11.4. The summed E-state index contributed by atoms with van der Waals surface area (Å²) in [6, 6.07) is 7.20. The van der Waals surface area contributed by atoms with Crippen LogP contribution in [0.4, 0.5) is 5.69 Å². The monoisotopic (exact) mass is 561 g/mol. The molecule has 32 heavy (non-hydrogen) atoms. The molecule has 0 spiro atoms. The average molecular weight is 562 g/mol. The molecular weight excluding hydrogens is 521 g/mol. The fourth-order valence-electron chi connectivity index (χ4n) is 4.32. The van der Waals surface area contributed by atoms with Gasteiger partial charge in [0.15, 0.2) is 5.96 Å². The number of aliphatic imine (C=N–C) groups is 1. The van der Waals surface area contributed by atoms with Crippen molar-refractivity contribution in [2.45, 2.75) is 45.3 Å². The van der Waals surface area contributed by atoms with Crippen molar-refractivity contribution < 1.29 is 14.2 Å². The SMILES string of the molecule is CCNC(=NCC(C)N1CCOCC1C)NC1CCN(c2cc(OC)cc(OC)c2)C1.I. The molecule has 0 aromatic heterocycles. The molecule has 0 amide bonds. The van der Waals surface area contributed by atoms with Gasteiger partial charge in [0.05, 0.1) is 34.0 Å². The summed E-state index contributed by atoms with van der Waals surface area (Å²) in [7, 11) is 3.37. The lowest BCUT2D eigenvalue weighted by Gasteiger charge is -2.37. The van der Waals surface area contributed by atoms with Gasteiger partial charge in [-0.05, 0) is 27.2 Å². The van der Waals surface area contributed by atoms with Gasteiger partial charge >= 0.3 is 0 Å². The second-order valence-corrected chi connectivity index (χ2v) is 8.38. The first-order valence-electron chi connectivity index (χ1n) is 11.4. The van der Waals surface area contributed by atoms with Crippen molar-refractivity contribution in [2.24, 2.45) is 4.99 Å². The van der Waals surface area contributed by atoms with Crippen LogP contribution in [-0.4, -0.2) is 89.1 Å². The fraction of sp³-hybridized carbons (Fsp3) is 0.696. The smallest absolute Gasteiger partial charge is 0.191 e. The Labute approximate surface area is 210 Å². The molecule has 2 heterocycles. The van der Waals surface area contributed by atoms with Crippen LogP contribution >= 0.6 is 24.0 Å². The second-order valence-electron chi connectivity index (χ2n) is 8.38. The summed E-state index contributed by atoms with van der Waals surface area (Å²) in [5.74, 6) is 2.52. The van der Waals surface area contributed by atoms with Crippen LogP contribution in [-0.2, 0) is 4.74 Å². The topological polar surface area (TPSA) is 70.6 Å². The van der Waals surface area contributed by atoms with Crippen molar-refractivity contribution in [1.29, 1.82) is 0 Å². The Morgan fingerprint density at radius 3 is 2.56 bits per heavy atom. The summed E-state index contributed by atoms with van der Waals surface area (Å²) in [6.07, 6.45) is 1.06. The largest absolute Gasteiger partial charge is 0.497 e. The zero-order valence-electron chi connectivity index (χ0n) is 20.1. The number of methoxy groups -OCH3 is 2. The van der Waals surface area contributed by atoms with E-state index < -0.39 is 0 Å². The van der Waals surface area contributed by atoms with E-state index in [0.717, 1.165) is 75.5 Å². The van der Waals surface area contributed by atoms with Gasteiger partial charge in [-0.15, -0.1) is 24.0 Å². The molecule has 3 rings (SSSR count). The van der Waals surface area contributed by atoms with E-state index in [1.807, 2.05) is 6.07 Å². The van der Waals surface area contributed by atoms with E-state index in [1.54, 1.807) is 14.2 Å². The lowest BCUT2D eigenvalue weighted by molar-refractivity contribution is -0.0165. The number of halogens is 1. The molecule has 0 radical (unpaired) electrons. The van der Waals surface area contributed by atoms with Gasteiger partial charge in [-0.25, -0.2) is 0 Å². The van der Waals surface area contributed by atoms with Crippen molar-refractivity contribution in [3.05, 3.63) is 18.2 Å². The van der Waals surface area contributed by atoms with Crippen LogP contribution in [0.1, 0.15) is 27.2 Å². The van der Waals surface area contributed by atoms with E-state index in [0.29, 0.717) is 18.1 Å². The Kier molecular flexibility index (Phi) is 11.1. The van der Waals surface area contributed by atoms with Crippen LogP contribution in [0.3, 0.4) is 0 Å². The lowest BCUT2D eigenvalue weighted by atomic mass is 10.2. The number of ether oxygens (including phenoxy) is 3. The van der Waals surface area contributed by atoms with E-state index in [1.165, 1.54) is 0 Å². The summed E-state index contributed by atoms with van der Waals surface area (Å²) >= 11 is 0. The van der Waals surface area contributed by atoms with Crippen LogP contribution in [0, 0.1) is 0 Å². The van der Waals surface area contributed by atoms with E-state index in [9.17, 15) is 0 Å². The summed E-state index contributed by atoms with van der Waals surface area (Å²) < 4.78 is 16.4. The molecule has 1 aromatic rings. The number of nitrogens with zero attached hydrogens (tertiary/aromatic N) is 3. The quantitative estimate of drug-likeness (QED) is 0.287. The Balaban J connectivity index is 0.00000363. The highest BCUT2D eigenvalue weighted by Gasteiger charge is 2.26. The van der Waals surface area contributed by atoms with Crippen molar-refractivity contribution in [1.82, 2.24) is 15.5 Å². The van der Waals surface area contributed by atoms with Crippen LogP contribution in [0.15, 0.2) is 23.2 Å². The molecule has 0 aliphatic carbocycles. The molecule has 0 saturated carbocycles. The van der Waals surface area contributed by atoms with Gasteiger partial charge in [-0.1, -0.05) is 0 Å². The predicted molar refractivity (Wildman–Crippen MR) is 141 cm³/mol. The Morgan fingerprint density at radius 1 is 1.22 bits per heavy atom.